The first-order valence-electron chi connectivity index (χ1n) is 3.83. The van der Waals surface area contributed by atoms with Gasteiger partial charge in [0.25, 0.3) is 0 Å². The van der Waals surface area contributed by atoms with Gasteiger partial charge in [-0.1, -0.05) is 23.8 Å². The number of halogens is 1. The van der Waals surface area contributed by atoms with Gasteiger partial charge in [0.05, 0.1) is 0 Å². The summed E-state index contributed by atoms with van der Waals surface area (Å²) in [6.07, 6.45) is 6.69. The molecule has 0 bridgehead atoms. The maximum atomic E-state index is 12.2. The SMILES string of the molecule is CC1=CC=C(CF)CC=C1C. The second-order valence-corrected chi connectivity index (χ2v) is 2.90. The lowest BCUT2D eigenvalue weighted by atomic mass is 10.1. The van der Waals surface area contributed by atoms with Gasteiger partial charge >= 0.3 is 0 Å². The molecule has 0 aromatic carbocycles. The third kappa shape index (κ3) is 2.04. The molecule has 0 amide bonds. The van der Waals surface area contributed by atoms with E-state index < -0.39 is 0 Å². The summed E-state index contributed by atoms with van der Waals surface area (Å²) >= 11 is 0. The maximum Gasteiger partial charge on any atom is 0.111 e. The Morgan fingerprint density at radius 2 is 2.00 bits per heavy atom. The Morgan fingerprint density at radius 1 is 1.27 bits per heavy atom. The first kappa shape index (κ1) is 8.25. The minimum Gasteiger partial charge on any atom is -0.246 e. The summed E-state index contributed by atoms with van der Waals surface area (Å²) < 4.78 is 12.2. The average molecular weight is 152 g/mol. The zero-order valence-corrected chi connectivity index (χ0v) is 7.02. The highest BCUT2D eigenvalue weighted by atomic mass is 19.1. The smallest absolute Gasteiger partial charge is 0.111 e. The van der Waals surface area contributed by atoms with Crippen LogP contribution in [0, 0.1) is 0 Å². The van der Waals surface area contributed by atoms with Crippen LogP contribution in [0.3, 0.4) is 0 Å². The minimum atomic E-state index is -0.326. The Morgan fingerprint density at radius 3 is 2.64 bits per heavy atom. The van der Waals surface area contributed by atoms with E-state index in [0.717, 1.165) is 12.0 Å². The molecule has 1 rings (SSSR count). The van der Waals surface area contributed by atoms with E-state index in [2.05, 4.69) is 13.0 Å². The highest BCUT2D eigenvalue weighted by Crippen LogP contribution is 2.17. The molecule has 1 aliphatic carbocycles. The van der Waals surface area contributed by atoms with Gasteiger partial charge in [-0.25, -0.2) is 4.39 Å². The molecule has 0 N–H and O–H groups in total. The predicted octanol–water partition coefficient (Wildman–Crippen LogP) is 3.18. The number of rotatable bonds is 1. The molecule has 0 radical (unpaired) electrons. The second kappa shape index (κ2) is 3.51. The molecule has 0 aromatic heterocycles. The molecule has 0 heterocycles. The molecule has 60 valence electrons. The van der Waals surface area contributed by atoms with Crippen molar-refractivity contribution in [2.75, 3.05) is 6.67 Å². The molecule has 0 aromatic rings. The maximum absolute atomic E-state index is 12.2. The Hall–Kier alpha value is -0.850. The summed E-state index contributed by atoms with van der Waals surface area (Å²) in [4.78, 5) is 0. The van der Waals surface area contributed by atoms with Crippen LogP contribution in [0.15, 0.2) is 34.9 Å². The third-order valence-corrected chi connectivity index (χ3v) is 2.03. The molecule has 11 heavy (non-hydrogen) atoms. The van der Waals surface area contributed by atoms with E-state index in [1.807, 2.05) is 19.1 Å². The lowest BCUT2D eigenvalue weighted by molar-refractivity contribution is 0.538. The average Bonchev–Trinajstić information content (AvgIpc) is 2.16. The fraction of sp³-hybridized carbons (Fsp3) is 0.400. The molecular formula is C10H13F. The predicted molar refractivity (Wildman–Crippen MR) is 46.2 cm³/mol. The third-order valence-electron chi connectivity index (χ3n) is 2.03. The van der Waals surface area contributed by atoms with Crippen LogP contribution in [-0.4, -0.2) is 6.67 Å². The van der Waals surface area contributed by atoms with Crippen molar-refractivity contribution in [3.8, 4) is 0 Å². The van der Waals surface area contributed by atoms with E-state index in [9.17, 15) is 4.39 Å². The summed E-state index contributed by atoms with van der Waals surface area (Å²) in [5, 5.41) is 0. The Balaban J connectivity index is 2.84. The molecule has 0 unspecified atom stereocenters. The fourth-order valence-corrected chi connectivity index (χ4v) is 0.987. The topological polar surface area (TPSA) is 0 Å². The summed E-state index contributed by atoms with van der Waals surface area (Å²) in [5.74, 6) is 0. The lowest BCUT2D eigenvalue weighted by Crippen LogP contribution is -1.81. The highest BCUT2D eigenvalue weighted by Gasteiger charge is 1.99. The van der Waals surface area contributed by atoms with E-state index in [0.29, 0.717) is 0 Å². The zero-order valence-electron chi connectivity index (χ0n) is 7.02. The van der Waals surface area contributed by atoms with Gasteiger partial charge in [0.1, 0.15) is 6.67 Å². The number of allylic oxidation sites excluding steroid dienone is 6. The van der Waals surface area contributed by atoms with Crippen molar-refractivity contribution in [3.63, 3.8) is 0 Å². The van der Waals surface area contributed by atoms with E-state index in [1.165, 1.54) is 11.1 Å². The fourth-order valence-electron chi connectivity index (χ4n) is 0.987. The largest absolute Gasteiger partial charge is 0.246 e. The molecule has 1 heteroatoms. The van der Waals surface area contributed by atoms with Crippen molar-refractivity contribution in [2.24, 2.45) is 0 Å². The standard InChI is InChI=1S/C10H13F/c1-8-3-5-10(7-11)6-4-9(8)2/h3-5H,6-7H2,1-2H3. The first-order valence-corrected chi connectivity index (χ1v) is 3.83. The van der Waals surface area contributed by atoms with Gasteiger partial charge in [0.15, 0.2) is 0 Å². The zero-order chi connectivity index (χ0) is 8.27. The van der Waals surface area contributed by atoms with Gasteiger partial charge in [-0.05, 0) is 31.4 Å². The number of alkyl halides is 1. The monoisotopic (exact) mass is 152 g/mol. The van der Waals surface area contributed by atoms with Crippen LogP contribution in [0.4, 0.5) is 4.39 Å². The van der Waals surface area contributed by atoms with Gasteiger partial charge in [0, 0.05) is 0 Å². The van der Waals surface area contributed by atoms with E-state index >= 15 is 0 Å². The molecule has 0 spiro atoms. The van der Waals surface area contributed by atoms with Crippen LogP contribution in [0.5, 0.6) is 0 Å². The van der Waals surface area contributed by atoms with Crippen molar-refractivity contribution in [3.05, 3.63) is 34.9 Å². The van der Waals surface area contributed by atoms with E-state index in [1.54, 1.807) is 0 Å². The Bertz CT molecular complexity index is 231. The van der Waals surface area contributed by atoms with E-state index in [-0.39, 0.29) is 6.67 Å². The first-order chi connectivity index (χ1) is 5.24. The van der Waals surface area contributed by atoms with Crippen LogP contribution >= 0.6 is 0 Å². The molecule has 0 saturated carbocycles. The summed E-state index contributed by atoms with van der Waals surface area (Å²) in [5.41, 5.74) is 3.35. The van der Waals surface area contributed by atoms with Crippen LogP contribution in [-0.2, 0) is 0 Å². The molecule has 0 fully saturated rings. The molecular weight excluding hydrogens is 139 g/mol. The summed E-state index contributed by atoms with van der Waals surface area (Å²) in [7, 11) is 0. The lowest BCUT2D eigenvalue weighted by Gasteiger charge is -1.96. The van der Waals surface area contributed by atoms with Crippen molar-refractivity contribution in [2.45, 2.75) is 20.3 Å². The number of hydrogen-bond donors (Lipinski definition) is 0. The van der Waals surface area contributed by atoms with Gasteiger partial charge in [0.2, 0.25) is 0 Å². The van der Waals surface area contributed by atoms with Crippen molar-refractivity contribution in [1.29, 1.82) is 0 Å². The normalized spacial score (nSPS) is 18.3. The van der Waals surface area contributed by atoms with Crippen LogP contribution in [0.2, 0.25) is 0 Å². The Kier molecular flexibility index (Phi) is 2.64. The van der Waals surface area contributed by atoms with Crippen molar-refractivity contribution >= 4 is 0 Å². The van der Waals surface area contributed by atoms with Crippen LogP contribution < -0.4 is 0 Å². The Labute approximate surface area is 67.1 Å². The quantitative estimate of drug-likeness (QED) is 0.541. The van der Waals surface area contributed by atoms with E-state index in [4.69, 9.17) is 0 Å². The van der Waals surface area contributed by atoms with Gasteiger partial charge in [-0.15, -0.1) is 0 Å². The molecule has 0 nitrogen and oxygen atoms in total. The van der Waals surface area contributed by atoms with Crippen LogP contribution in [0.1, 0.15) is 20.3 Å². The van der Waals surface area contributed by atoms with Gasteiger partial charge in [-0.2, -0.15) is 0 Å². The molecule has 0 saturated heterocycles. The molecule has 1 aliphatic rings. The molecule has 0 atom stereocenters. The van der Waals surface area contributed by atoms with Gasteiger partial charge in [-0.3, -0.25) is 0 Å². The second-order valence-electron chi connectivity index (χ2n) is 2.90. The minimum absolute atomic E-state index is 0.326. The van der Waals surface area contributed by atoms with Gasteiger partial charge < -0.3 is 0 Å². The number of hydrogen-bond acceptors (Lipinski definition) is 0. The van der Waals surface area contributed by atoms with Crippen molar-refractivity contribution < 1.29 is 4.39 Å². The highest BCUT2D eigenvalue weighted by molar-refractivity contribution is 5.35. The summed E-state index contributed by atoms with van der Waals surface area (Å²) in [6, 6.07) is 0. The molecule has 0 aliphatic heterocycles. The summed E-state index contributed by atoms with van der Waals surface area (Å²) in [6.45, 7) is 3.78. The van der Waals surface area contributed by atoms with Crippen molar-refractivity contribution in [1.82, 2.24) is 0 Å². The van der Waals surface area contributed by atoms with Crippen LogP contribution in [0.25, 0.3) is 0 Å².